The maximum atomic E-state index is 11.5. The number of carbonyl (C=O) groups is 1. The van der Waals surface area contributed by atoms with E-state index in [0.29, 0.717) is 6.61 Å². The molecule has 1 aliphatic heterocycles. The fourth-order valence-corrected chi connectivity index (χ4v) is 2.14. The Morgan fingerprint density at radius 3 is 3.15 bits per heavy atom. The molecule has 5 heteroatoms. The highest BCUT2D eigenvalue weighted by molar-refractivity contribution is 7.99. The van der Waals surface area contributed by atoms with E-state index in [0.717, 1.165) is 11.6 Å². The fraction of sp³-hybridized carbons (Fsp3) is 0.875. The van der Waals surface area contributed by atoms with Gasteiger partial charge in [0.1, 0.15) is 0 Å². The van der Waals surface area contributed by atoms with Gasteiger partial charge in [0.2, 0.25) is 5.91 Å². The van der Waals surface area contributed by atoms with E-state index in [4.69, 9.17) is 4.74 Å². The molecule has 0 bridgehead atoms. The summed E-state index contributed by atoms with van der Waals surface area (Å²) >= 11 is 1.75. The van der Waals surface area contributed by atoms with Crippen LogP contribution in [0.15, 0.2) is 0 Å². The third kappa shape index (κ3) is 3.54. The molecular formula is C8H16N2O2S. The van der Waals surface area contributed by atoms with Gasteiger partial charge in [-0.05, 0) is 6.92 Å². The number of rotatable bonds is 4. The van der Waals surface area contributed by atoms with Crippen molar-refractivity contribution in [1.82, 2.24) is 10.6 Å². The van der Waals surface area contributed by atoms with Crippen LogP contribution in [-0.2, 0) is 9.53 Å². The SMILES string of the molecule is COCC(C)NC(=O)C1CSCN1. The van der Waals surface area contributed by atoms with Crippen molar-refractivity contribution in [2.45, 2.75) is 19.0 Å². The zero-order valence-electron chi connectivity index (χ0n) is 8.00. The highest BCUT2D eigenvalue weighted by Gasteiger charge is 2.23. The highest BCUT2D eigenvalue weighted by Crippen LogP contribution is 2.09. The van der Waals surface area contributed by atoms with Crippen molar-refractivity contribution in [3.05, 3.63) is 0 Å². The lowest BCUT2D eigenvalue weighted by Crippen LogP contribution is -2.46. The second-order valence-corrected chi connectivity index (χ2v) is 4.17. The Hall–Kier alpha value is -0.260. The predicted octanol–water partition coefficient (Wildman–Crippen LogP) is -0.200. The minimum atomic E-state index is -0.0238. The summed E-state index contributed by atoms with van der Waals surface area (Å²) in [5.41, 5.74) is 0. The summed E-state index contributed by atoms with van der Waals surface area (Å²) in [6.07, 6.45) is 0. The van der Waals surface area contributed by atoms with Gasteiger partial charge in [-0.3, -0.25) is 10.1 Å². The molecule has 1 rings (SSSR count). The molecule has 1 amide bonds. The Labute approximate surface area is 82.8 Å². The molecular weight excluding hydrogens is 188 g/mol. The van der Waals surface area contributed by atoms with Crippen LogP contribution in [0.1, 0.15) is 6.92 Å². The Morgan fingerprint density at radius 1 is 1.85 bits per heavy atom. The normalized spacial score (nSPS) is 24.3. The van der Waals surface area contributed by atoms with Crippen LogP contribution >= 0.6 is 11.8 Å². The predicted molar refractivity (Wildman–Crippen MR) is 53.7 cm³/mol. The third-order valence-electron chi connectivity index (χ3n) is 1.84. The lowest BCUT2D eigenvalue weighted by atomic mass is 10.3. The highest BCUT2D eigenvalue weighted by atomic mass is 32.2. The lowest BCUT2D eigenvalue weighted by molar-refractivity contribution is -0.123. The molecule has 0 spiro atoms. The number of thioether (sulfide) groups is 1. The van der Waals surface area contributed by atoms with E-state index in [-0.39, 0.29) is 18.0 Å². The molecule has 0 aromatic carbocycles. The quantitative estimate of drug-likeness (QED) is 0.666. The van der Waals surface area contributed by atoms with Crippen molar-refractivity contribution >= 4 is 17.7 Å². The van der Waals surface area contributed by atoms with E-state index in [1.54, 1.807) is 18.9 Å². The summed E-state index contributed by atoms with van der Waals surface area (Å²) in [6.45, 7) is 2.50. The molecule has 76 valence electrons. The molecule has 13 heavy (non-hydrogen) atoms. The number of carbonyl (C=O) groups excluding carboxylic acids is 1. The van der Waals surface area contributed by atoms with Crippen LogP contribution in [-0.4, -0.2) is 43.3 Å². The van der Waals surface area contributed by atoms with E-state index in [2.05, 4.69) is 10.6 Å². The van der Waals surface area contributed by atoms with Crippen molar-refractivity contribution in [2.75, 3.05) is 25.3 Å². The first-order chi connectivity index (χ1) is 6.24. The second kappa shape index (κ2) is 5.47. The van der Waals surface area contributed by atoms with Gasteiger partial charge in [-0.25, -0.2) is 0 Å². The minimum absolute atomic E-state index is 0.0238. The minimum Gasteiger partial charge on any atom is -0.383 e. The molecule has 0 radical (unpaired) electrons. The number of methoxy groups -OCH3 is 1. The van der Waals surface area contributed by atoms with Gasteiger partial charge in [0.15, 0.2) is 0 Å². The molecule has 2 unspecified atom stereocenters. The summed E-state index contributed by atoms with van der Waals surface area (Å²) in [5.74, 6) is 1.82. The molecule has 0 saturated carbocycles. The molecule has 1 heterocycles. The Bertz CT molecular complexity index is 172. The molecule has 2 atom stereocenters. The van der Waals surface area contributed by atoms with E-state index < -0.39 is 0 Å². The Balaban J connectivity index is 2.23. The van der Waals surface area contributed by atoms with Gasteiger partial charge in [-0.1, -0.05) is 0 Å². The van der Waals surface area contributed by atoms with Crippen LogP contribution in [0.25, 0.3) is 0 Å². The molecule has 0 aromatic heterocycles. The van der Waals surface area contributed by atoms with Gasteiger partial charge < -0.3 is 10.1 Å². The maximum Gasteiger partial charge on any atom is 0.238 e. The number of amides is 1. The van der Waals surface area contributed by atoms with Crippen molar-refractivity contribution in [1.29, 1.82) is 0 Å². The Kier molecular flexibility index (Phi) is 4.55. The number of nitrogens with one attached hydrogen (secondary N) is 2. The maximum absolute atomic E-state index is 11.5. The van der Waals surface area contributed by atoms with E-state index in [1.165, 1.54) is 0 Å². The van der Waals surface area contributed by atoms with Gasteiger partial charge >= 0.3 is 0 Å². The average molecular weight is 204 g/mol. The van der Waals surface area contributed by atoms with Gasteiger partial charge in [-0.2, -0.15) is 0 Å². The lowest BCUT2D eigenvalue weighted by Gasteiger charge is -2.15. The average Bonchev–Trinajstić information content (AvgIpc) is 2.55. The van der Waals surface area contributed by atoms with Crippen molar-refractivity contribution in [2.24, 2.45) is 0 Å². The van der Waals surface area contributed by atoms with Gasteiger partial charge in [0, 0.05) is 24.8 Å². The van der Waals surface area contributed by atoms with E-state index in [1.807, 2.05) is 6.92 Å². The van der Waals surface area contributed by atoms with Gasteiger partial charge in [0.25, 0.3) is 0 Å². The molecule has 0 aromatic rings. The van der Waals surface area contributed by atoms with Crippen LogP contribution in [0.5, 0.6) is 0 Å². The molecule has 0 aliphatic carbocycles. The van der Waals surface area contributed by atoms with Crippen molar-refractivity contribution < 1.29 is 9.53 Å². The summed E-state index contributed by atoms with van der Waals surface area (Å²) < 4.78 is 4.93. The smallest absolute Gasteiger partial charge is 0.238 e. The fourth-order valence-electron chi connectivity index (χ4n) is 1.20. The largest absolute Gasteiger partial charge is 0.383 e. The third-order valence-corrected chi connectivity index (χ3v) is 2.78. The zero-order valence-corrected chi connectivity index (χ0v) is 8.82. The first-order valence-corrected chi connectivity index (χ1v) is 5.50. The summed E-state index contributed by atoms with van der Waals surface area (Å²) in [7, 11) is 1.63. The van der Waals surface area contributed by atoms with Crippen LogP contribution in [0, 0.1) is 0 Å². The van der Waals surface area contributed by atoms with Crippen molar-refractivity contribution in [3.8, 4) is 0 Å². The standard InChI is InChI=1S/C8H16N2O2S/c1-6(3-12-2)10-8(11)7-4-13-5-9-7/h6-7,9H,3-5H2,1-2H3,(H,10,11). The summed E-state index contributed by atoms with van der Waals surface area (Å²) in [4.78, 5) is 11.5. The number of hydrogen-bond donors (Lipinski definition) is 2. The summed E-state index contributed by atoms with van der Waals surface area (Å²) in [6, 6.07) is 0.0641. The number of hydrogen-bond acceptors (Lipinski definition) is 4. The first kappa shape index (κ1) is 10.8. The van der Waals surface area contributed by atoms with Crippen molar-refractivity contribution in [3.63, 3.8) is 0 Å². The monoisotopic (exact) mass is 204 g/mol. The van der Waals surface area contributed by atoms with Crippen LogP contribution in [0.4, 0.5) is 0 Å². The first-order valence-electron chi connectivity index (χ1n) is 4.34. The van der Waals surface area contributed by atoms with Crippen LogP contribution < -0.4 is 10.6 Å². The number of ether oxygens (including phenoxy) is 1. The van der Waals surface area contributed by atoms with Crippen LogP contribution in [0.3, 0.4) is 0 Å². The van der Waals surface area contributed by atoms with E-state index in [9.17, 15) is 4.79 Å². The zero-order chi connectivity index (χ0) is 9.68. The second-order valence-electron chi connectivity index (χ2n) is 3.14. The van der Waals surface area contributed by atoms with Gasteiger partial charge in [0.05, 0.1) is 12.6 Å². The molecule has 4 nitrogen and oxygen atoms in total. The van der Waals surface area contributed by atoms with E-state index >= 15 is 0 Å². The molecule has 2 N–H and O–H groups in total. The molecule has 1 fully saturated rings. The molecule has 1 saturated heterocycles. The van der Waals surface area contributed by atoms with Gasteiger partial charge in [-0.15, -0.1) is 11.8 Å². The van der Waals surface area contributed by atoms with Crippen LogP contribution in [0.2, 0.25) is 0 Å². The summed E-state index contributed by atoms with van der Waals surface area (Å²) in [5, 5.41) is 6.00. The molecule has 1 aliphatic rings. The topological polar surface area (TPSA) is 50.4 Å². The Morgan fingerprint density at radius 2 is 2.62 bits per heavy atom.